The van der Waals surface area contributed by atoms with E-state index in [2.05, 4.69) is 52.4 Å². The van der Waals surface area contributed by atoms with E-state index < -0.39 is 23.7 Å². The molecule has 1 aliphatic carbocycles. The molecular weight excluding hydrogens is 466 g/mol. The Morgan fingerprint density at radius 3 is 2.53 bits per heavy atom. The molecule has 3 aliphatic rings. The van der Waals surface area contributed by atoms with Crippen molar-refractivity contribution in [1.82, 2.24) is 14.3 Å². The number of nitrogens with one attached hydrogen (secondary N) is 1. The highest BCUT2D eigenvalue weighted by atomic mass is 32.2. The van der Waals surface area contributed by atoms with Crippen LogP contribution in [0.25, 0.3) is 6.08 Å². The average Bonchev–Trinajstić information content (AvgIpc) is 3.10. The summed E-state index contributed by atoms with van der Waals surface area (Å²) in [6.07, 6.45) is 9.28. The standard InChI is InChI=1S/C24H37N5O3SSi/c1-24(30)11-6-7-21(24)29-17-18(10-14-34(3,4)5)15-19-16-25-23(27-22(19)29)26-20-8-12-28(13-9-20)33(2,31)32/h15-16,20-21,30H,6-9,11-13,17H2,1-5H3,(H,25,26,27)/t21-,24-/m1/s1. The Balaban J connectivity index is 1.59. The lowest BCUT2D eigenvalue weighted by Crippen LogP contribution is -2.49. The molecule has 8 nitrogen and oxygen atoms in total. The molecule has 0 radical (unpaired) electrons. The van der Waals surface area contributed by atoms with E-state index in [4.69, 9.17) is 4.98 Å². The third kappa shape index (κ3) is 5.82. The fourth-order valence-electron chi connectivity index (χ4n) is 5.01. The molecule has 0 spiro atoms. The van der Waals surface area contributed by atoms with Crippen LogP contribution in [0.5, 0.6) is 0 Å². The Labute approximate surface area is 204 Å². The predicted octanol–water partition coefficient (Wildman–Crippen LogP) is 2.70. The van der Waals surface area contributed by atoms with Gasteiger partial charge in [0, 0.05) is 36.5 Å². The summed E-state index contributed by atoms with van der Waals surface area (Å²) in [6.45, 7) is 10.3. The quantitative estimate of drug-likeness (QED) is 0.481. The highest BCUT2D eigenvalue weighted by Crippen LogP contribution is 2.39. The molecule has 0 amide bonds. The van der Waals surface area contributed by atoms with Crippen LogP contribution in [0.3, 0.4) is 0 Å². The summed E-state index contributed by atoms with van der Waals surface area (Å²) < 4.78 is 25.1. The second-order valence-corrected chi connectivity index (χ2v) is 17.8. The van der Waals surface area contributed by atoms with Crippen molar-refractivity contribution in [3.05, 3.63) is 17.3 Å². The van der Waals surface area contributed by atoms with Crippen LogP contribution in [0.15, 0.2) is 11.8 Å². The third-order valence-corrected chi connectivity index (χ3v) is 9.03. The third-order valence-electron chi connectivity index (χ3n) is 6.85. The fraction of sp³-hybridized carbons (Fsp3) is 0.667. The number of rotatable bonds is 4. The van der Waals surface area contributed by atoms with Gasteiger partial charge in [-0.1, -0.05) is 25.6 Å². The van der Waals surface area contributed by atoms with Gasteiger partial charge in [0.05, 0.1) is 24.4 Å². The largest absolute Gasteiger partial charge is 0.388 e. The van der Waals surface area contributed by atoms with Gasteiger partial charge in [-0.3, -0.25) is 0 Å². The van der Waals surface area contributed by atoms with Gasteiger partial charge >= 0.3 is 0 Å². The van der Waals surface area contributed by atoms with E-state index in [-0.39, 0.29) is 12.1 Å². The molecule has 186 valence electrons. The molecule has 34 heavy (non-hydrogen) atoms. The topological polar surface area (TPSA) is 98.7 Å². The van der Waals surface area contributed by atoms with E-state index in [9.17, 15) is 13.5 Å². The second kappa shape index (κ2) is 9.26. The van der Waals surface area contributed by atoms with Crippen LogP contribution in [-0.2, 0) is 10.0 Å². The van der Waals surface area contributed by atoms with Gasteiger partial charge in [0.2, 0.25) is 16.0 Å². The van der Waals surface area contributed by atoms with Crippen molar-refractivity contribution in [1.29, 1.82) is 0 Å². The Hall–Kier alpha value is -1.93. The van der Waals surface area contributed by atoms with Crippen LogP contribution >= 0.6 is 0 Å². The summed E-state index contributed by atoms with van der Waals surface area (Å²) in [6, 6.07) is 0.0979. The van der Waals surface area contributed by atoms with Gasteiger partial charge < -0.3 is 15.3 Å². The second-order valence-electron chi connectivity index (χ2n) is 11.1. The van der Waals surface area contributed by atoms with Crippen LogP contribution in [-0.4, -0.2) is 79.4 Å². The minimum Gasteiger partial charge on any atom is -0.388 e. The van der Waals surface area contributed by atoms with E-state index in [1.807, 2.05) is 13.1 Å². The molecule has 4 rings (SSSR count). The lowest BCUT2D eigenvalue weighted by atomic mass is 9.96. The van der Waals surface area contributed by atoms with E-state index in [0.717, 1.165) is 36.2 Å². The Morgan fingerprint density at radius 1 is 1.24 bits per heavy atom. The van der Waals surface area contributed by atoms with Crippen molar-refractivity contribution in [2.24, 2.45) is 0 Å². The summed E-state index contributed by atoms with van der Waals surface area (Å²) in [5.41, 5.74) is 4.65. The lowest BCUT2D eigenvalue weighted by Gasteiger charge is -2.40. The number of anilines is 2. The van der Waals surface area contributed by atoms with Gasteiger partial charge in [-0.25, -0.2) is 17.7 Å². The van der Waals surface area contributed by atoms with Crippen LogP contribution in [0.1, 0.15) is 44.6 Å². The van der Waals surface area contributed by atoms with Gasteiger partial charge in [0.25, 0.3) is 0 Å². The molecule has 1 aromatic rings. The van der Waals surface area contributed by atoms with Gasteiger partial charge in [-0.05, 0) is 45.1 Å². The molecule has 1 saturated carbocycles. The maximum Gasteiger partial charge on any atom is 0.224 e. The van der Waals surface area contributed by atoms with Crippen molar-refractivity contribution in [2.45, 2.75) is 76.4 Å². The number of fused-ring (bicyclic) bond motifs is 1. The van der Waals surface area contributed by atoms with Crippen molar-refractivity contribution in [2.75, 3.05) is 36.1 Å². The number of piperidine rings is 1. The van der Waals surface area contributed by atoms with Gasteiger partial charge in [0.1, 0.15) is 13.9 Å². The van der Waals surface area contributed by atoms with E-state index in [1.165, 1.54) is 10.6 Å². The first-order valence-corrected chi connectivity index (χ1v) is 17.5. The molecular formula is C24H37N5O3SSi. The molecule has 1 saturated heterocycles. The van der Waals surface area contributed by atoms with Gasteiger partial charge in [0.15, 0.2) is 0 Å². The molecule has 0 unspecified atom stereocenters. The minimum absolute atomic E-state index is 0.0237. The zero-order valence-electron chi connectivity index (χ0n) is 20.9. The van der Waals surface area contributed by atoms with Crippen LogP contribution in [0, 0.1) is 11.5 Å². The first-order valence-electron chi connectivity index (χ1n) is 12.1. The molecule has 1 aromatic heterocycles. The lowest BCUT2D eigenvalue weighted by molar-refractivity contribution is 0.0491. The molecule has 0 aromatic carbocycles. The van der Waals surface area contributed by atoms with Crippen molar-refractivity contribution >= 4 is 35.9 Å². The minimum atomic E-state index is -3.15. The van der Waals surface area contributed by atoms with Crippen molar-refractivity contribution in [3.63, 3.8) is 0 Å². The highest BCUT2D eigenvalue weighted by Gasteiger charge is 2.42. The van der Waals surface area contributed by atoms with Crippen molar-refractivity contribution < 1.29 is 13.5 Å². The number of nitrogens with zero attached hydrogens (tertiary/aromatic N) is 4. The van der Waals surface area contributed by atoms with Gasteiger partial charge in [-0.15, -0.1) is 5.54 Å². The first-order chi connectivity index (χ1) is 15.8. The molecule has 0 bridgehead atoms. The number of hydrogen-bond acceptors (Lipinski definition) is 7. The number of hydrogen-bond donors (Lipinski definition) is 2. The predicted molar refractivity (Wildman–Crippen MR) is 140 cm³/mol. The molecule has 2 fully saturated rings. The molecule has 2 aliphatic heterocycles. The Morgan fingerprint density at radius 2 is 1.94 bits per heavy atom. The number of aromatic nitrogens is 2. The average molecular weight is 504 g/mol. The monoisotopic (exact) mass is 503 g/mol. The van der Waals surface area contributed by atoms with Crippen molar-refractivity contribution in [3.8, 4) is 11.5 Å². The zero-order valence-corrected chi connectivity index (χ0v) is 22.7. The summed E-state index contributed by atoms with van der Waals surface area (Å²) in [4.78, 5) is 11.7. The molecule has 2 atom stereocenters. The maximum atomic E-state index is 11.8. The normalized spacial score (nSPS) is 26.5. The fourth-order valence-corrected chi connectivity index (χ4v) is 6.42. The SMILES string of the molecule is C[C@@]1(O)CCC[C@H]1N1CC(C#C[Si](C)(C)C)=Cc2cnc(NC3CCN(S(C)(=O)=O)CC3)nc21. The first kappa shape index (κ1) is 25.2. The van der Waals surface area contributed by atoms with E-state index >= 15 is 0 Å². The molecule has 10 heteroatoms. The highest BCUT2D eigenvalue weighted by molar-refractivity contribution is 7.88. The molecule has 2 N–H and O–H groups in total. The number of sulfonamides is 1. The van der Waals surface area contributed by atoms with Crippen LogP contribution in [0.4, 0.5) is 11.8 Å². The molecule has 3 heterocycles. The summed E-state index contributed by atoms with van der Waals surface area (Å²) >= 11 is 0. The summed E-state index contributed by atoms with van der Waals surface area (Å²) in [5, 5.41) is 14.5. The maximum absolute atomic E-state index is 11.8. The van der Waals surface area contributed by atoms with Gasteiger partial charge in [-0.2, -0.15) is 4.98 Å². The smallest absolute Gasteiger partial charge is 0.224 e. The van der Waals surface area contributed by atoms with Crippen LogP contribution in [0.2, 0.25) is 19.6 Å². The van der Waals surface area contributed by atoms with E-state index in [1.54, 1.807) is 0 Å². The number of aliphatic hydroxyl groups is 1. The summed E-state index contributed by atoms with van der Waals surface area (Å²) in [5.74, 6) is 4.78. The van der Waals surface area contributed by atoms with E-state index in [0.29, 0.717) is 38.4 Å². The zero-order chi connectivity index (χ0) is 24.7. The Bertz CT molecular complexity index is 1130. The summed E-state index contributed by atoms with van der Waals surface area (Å²) in [7, 11) is -4.67. The van der Waals surface area contributed by atoms with Crippen LogP contribution < -0.4 is 10.2 Å². The Kier molecular flexibility index (Phi) is 6.86.